The summed E-state index contributed by atoms with van der Waals surface area (Å²) in [5, 5.41) is 12.2. The van der Waals surface area contributed by atoms with Crippen molar-refractivity contribution in [2.24, 2.45) is 0 Å². The van der Waals surface area contributed by atoms with Crippen LogP contribution in [0.5, 0.6) is 0 Å². The van der Waals surface area contributed by atoms with E-state index in [1.807, 2.05) is 42.8 Å². The first kappa shape index (κ1) is 16.8. The van der Waals surface area contributed by atoms with Gasteiger partial charge in [0, 0.05) is 24.7 Å². The fourth-order valence-electron chi connectivity index (χ4n) is 2.11. The Bertz CT molecular complexity index is 627. The van der Waals surface area contributed by atoms with E-state index in [-0.39, 0.29) is 12.0 Å². The fourth-order valence-corrected chi connectivity index (χ4v) is 2.84. The molecule has 120 valence electrons. The van der Waals surface area contributed by atoms with Gasteiger partial charge in [-0.15, -0.1) is 11.8 Å². The number of thioether (sulfide) groups is 1. The molecule has 0 aromatic carbocycles. The number of carbonyl (C=O) groups excluding carboxylic acids is 1. The van der Waals surface area contributed by atoms with Crippen LogP contribution in [0.15, 0.2) is 24.5 Å². The molecule has 2 aromatic heterocycles. The summed E-state index contributed by atoms with van der Waals surface area (Å²) in [7, 11) is 0. The first-order valence-corrected chi connectivity index (χ1v) is 8.70. The highest BCUT2D eigenvalue weighted by atomic mass is 32.2. The molecular formula is C16H23N3O2S. The number of aliphatic hydroxyl groups excluding tert-OH is 1. The Labute approximate surface area is 135 Å². The van der Waals surface area contributed by atoms with Gasteiger partial charge >= 0.3 is 0 Å². The predicted molar refractivity (Wildman–Crippen MR) is 90.0 cm³/mol. The van der Waals surface area contributed by atoms with Crippen LogP contribution in [0.2, 0.25) is 0 Å². The van der Waals surface area contributed by atoms with Crippen LogP contribution in [0.3, 0.4) is 0 Å². The van der Waals surface area contributed by atoms with Crippen molar-refractivity contribution in [1.29, 1.82) is 0 Å². The molecule has 2 N–H and O–H groups in total. The van der Waals surface area contributed by atoms with Gasteiger partial charge in [-0.25, -0.2) is 4.98 Å². The van der Waals surface area contributed by atoms with Crippen molar-refractivity contribution >= 4 is 23.3 Å². The number of pyridine rings is 1. The van der Waals surface area contributed by atoms with Gasteiger partial charge in [-0.05, 0) is 31.4 Å². The number of nitrogens with one attached hydrogen (secondary N) is 1. The molecule has 0 saturated carbocycles. The van der Waals surface area contributed by atoms with E-state index in [1.165, 1.54) is 5.56 Å². The second-order valence-corrected chi connectivity index (χ2v) is 6.38. The highest BCUT2D eigenvalue weighted by molar-refractivity contribution is 7.99. The smallest absolute Gasteiger partial charge is 0.230 e. The largest absolute Gasteiger partial charge is 0.393 e. The number of fused-ring (bicyclic) bond motifs is 1. The minimum absolute atomic E-state index is 0.00733. The second-order valence-electron chi connectivity index (χ2n) is 5.40. The predicted octanol–water partition coefficient (Wildman–Crippen LogP) is 2.15. The minimum atomic E-state index is -0.325. The van der Waals surface area contributed by atoms with Gasteiger partial charge in [0.25, 0.3) is 0 Å². The Morgan fingerprint density at radius 1 is 1.45 bits per heavy atom. The third-order valence-corrected chi connectivity index (χ3v) is 4.37. The van der Waals surface area contributed by atoms with Gasteiger partial charge in [-0.1, -0.05) is 13.0 Å². The molecule has 5 nitrogen and oxygen atoms in total. The molecule has 2 aromatic rings. The highest BCUT2D eigenvalue weighted by Gasteiger charge is 2.06. The molecule has 0 aliphatic heterocycles. The van der Waals surface area contributed by atoms with E-state index in [1.54, 1.807) is 11.8 Å². The van der Waals surface area contributed by atoms with Crippen molar-refractivity contribution in [3.05, 3.63) is 35.8 Å². The Morgan fingerprint density at radius 3 is 3.05 bits per heavy atom. The van der Waals surface area contributed by atoms with Crippen molar-refractivity contribution in [1.82, 2.24) is 14.7 Å². The molecule has 0 aliphatic rings. The lowest BCUT2D eigenvalue weighted by Gasteiger charge is -2.08. The molecular weight excluding hydrogens is 298 g/mol. The van der Waals surface area contributed by atoms with Crippen molar-refractivity contribution in [3.63, 3.8) is 0 Å². The third kappa shape index (κ3) is 5.03. The molecule has 2 heterocycles. The first-order valence-electron chi connectivity index (χ1n) is 7.55. The lowest BCUT2D eigenvalue weighted by Crippen LogP contribution is -2.28. The monoisotopic (exact) mass is 321 g/mol. The van der Waals surface area contributed by atoms with Crippen molar-refractivity contribution in [2.75, 3.05) is 12.3 Å². The van der Waals surface area contributed by atoms with Gasteiger partial charge in [0.2, 0.25) is 5.91 Å². The van der Waals surface area contributed by atoms with Gasteiger partial charge in [-0.3, -0.25) is 4.79 Å². The summed E-state index contributed by atoms with van der Waals surface area (Å²) in [6, 6.07) is 4.03. The number of aliphatic hydroxyl groups is 1. The van der Waals surface area contributed by atoms with E-state index >= 15 is 0 Å². The molecule has 0 saturated heterocycles. The number of nitrogens with zero attached hydrogens (tertiary/aromatic N) is 2. The maximum Gasteiger partial charge on any atom is 0.230 e. The lowest BCUT2D eigenvalue weighted by atomic mass is 10.2. The average Bonchev–Trinajstić information content (AvgIpc) is 2.88. The minimum Gasteiger partial charge on any atom is -0.393 e. The summed E-state index contributed by atoms with van der Waals surface area (Å²) < 4.78 is 2.01. The molecule has 6 heteroatoms. The maximum atomic E-state index is 11.7. The van der Waals surface area contributed by atoms with Crippen molar-refractivity contribution in [2.45, 2.75) is 38.5 Å². The summed E-state index contributed by atoms with van der Waals surface area (Å²) in [5.41, 5.74) is 3.10. The molecule has 1 unspecified atom stereocenters. The van der Waals surface area contributed by atoms with Gasteiger partial charge in [0.05, 0.1) is 17.6 Å². The summed E-state index contributed by atoms with van der Waals surface area (Å²) in [5.74, 6) is 1.13. The number of amides is 1. The van der Waals surface area contributed by atoms with E-state index in [4.69, 9.17) is 0 Å². The maximum absolute atomic E-state index is 11.7. The van der Waals surface area contributed by atoms with Gasteiger partial charge in [0.1, 0.15) is 5.65 Å². The zero-order valence-electron chi connectivity index (χ0n) is 13.1. The normalized spacial score (nSPS) is 12.5. The van der Waals surface area contributed by atoms with Crippen LogP contribution in [0.1, 0.15) is 31.0 Å². The Morgan fingerprint density at radius 2 is 2.27 bits per heavy atom. The van der Waals surface area contributed by atoms with E-state index < -0.39 is 0 Å². The fraction of sp³-hybridized carbons (Fsp3) is 0.500. The van der Waals surface area contributed by atoms with Gasteiger partial charge in [-0.2, -0.15) is 0 Å². The number of rotatable bonds is 8. The zero-order valence-corrected chi connectivity index (χ0v) is 13.9. The summed E-state index contributed by atoms with van der Waals surface area (Å²) in [4.78, 5) is 16.2. The van der Waals surface area contributed by atoms with E-state index in [0.29, 0.717) is 24.5 Å². The Balaban J connectivity index is 1.72. The van der Waals surface area contributed by atoms with Crippen LogP contribution in [0.25, 0.3) is 5.65 Å². The first-order chi connectivity index (χ1) is 10.6. The number of hydrogen-bond donors (Lipinski definition) is 2. The van der Waals surface area contributed by atoms with Crippen molar-refractivity contribution in [3.8, 4) is 0 Å². The number of carbonyl (C=O) groups is 1. The van der Waals surface area contributed by atoms with Crippen LogP contribution in [-0.2, 0) is 10.5 Å². The van der Waals surface area contributed by atoms with E-state index in [9.17, 15) is 9.90 Å². The molecule has 0 spiro atoms. The van der Waals surface area contributed by atoms with E-state index in [0.717, 1.165) is 17.8 Å². The molecule has 1 atom stereocenters. The van der Waals surface area contributed by atoms with Gasteiger partial charge < -0.3 is 14.8 Å². The van der Waals surface area contributed by atoms with Crippen LogP contribution in [-0.4, -0.2) is 38.8 Å². The van der Waals surface area contributed by atoms with Crippen LogP contribution in [0.4, 0.5) is 0 Å². The average molecular weight is 321 g/mol. The van der Waals surface area contributed by atoms with Crippen LogP contribution >= 0.6 is 11.8 Å². The molecule has 2 rings (SSSR count). The summed E-state index contributed by atoms with van der Waals surface area (Å²) in [6.07, 6.45) is 5.05. The third-order valence-electron chi connectivity index (χ3n) is 3.40. The van der Waals surface area contributed by atoms with Crippen LogP contribution < -0.4 is 5.32 Å². The molecule has 22 heavy (non-hydrogen) atoms. The summed E-state index contributed by atoms with van der Waals surface area (Å²) in [6.45, 7) is 4.51. The number of aromatic nitrogens is 2. The van der Waals surface area contributed by atoms with Gasteiger partial charge in [0.15, 0.2) is 0 Å². The zero-order chi connectivity index (χ0) is 15.9. The number of hydrogen-bond acceptors (Lipinski definition) is 4. The number of aryl methyl sites for hydroxylation is 1. The highest BCUT2D eigenvalue weighted by Crippen LogP contribution is 2.13. The molecule has 0 bridgehead atoms. The van der Waals surface area contributed by atoms with Crippen molar-refractivity contribution < 1.29 is 9.90 Å². The Hall–Kier alpha value is -1.53. The quantitative estimate of drug-likeness (QED) is 0.782. The topological polar surface area (TPSA) is 66.6 Å². The van der Waals surface area contributed by atoms with E-state index in [2.05, 4.69) is 10.3 Å². The molecule has 0 fully saturated rings. The summed E-state index contributed by atoms with van der Waals surface area (Å²) >= 11 is 1.55. The number of imidazole rings is 1. The molecule has 1 amide bonds. The molecule has 0 aliphatic carbocycles. The SMILES string of the molecule is CCC(O)CCNC(=O)CSCc1cn2cc(C)ccc2n1. The standard InChI is InChI=1S/C16H23N3O2S/c1-3-14(20)6-7-17-16(21)11-22-10-13-9-19-8-12(2)4-5-15(19)18-13/h4-5,8-9,14,20H,3,6-7,10-11H2,1-2H3,(H,17,21). The van der Waals surface area contributed by atoms with Crippen LogP contribution in [0, 0.1) is 6.92 Å². The molecule has 0 radical (unpaired) electrons. The Kier molecular flexibility index (Phi) is 6.27. The lowest BCUT2D eigenvalue weighted by molar-refractivity contribution is -0.118. The second kappa shape index (κ2) is 8.19.